The van der Waals surface area contributed by atoms with Gasteiger partial charge in [-0.1, -0.05) is 0 Å². The number of aliphatic hydroxyl groups excluding tert-OH is 3. The topological polar surface area (TPSA) is 147 Å². The maximum Gasteiger partial charge on any atom is 0.247 e. The van der Waals surface area contributed by atoms with E-state index >= 15 is 0 Å². The smallest absolute Gasteiger partial charge is 0.247 e. The lowest BCUT2D eigenvalue weighted by molar-refractivity contribution is -0.139. The molecule has 0 radical (unpaired) electrons. The highest BCUT2D eigenvalue weighted by atomic mass is 127. The van der Waals surface area contributed by atoms with E-state index in [1.165, 1.54) is 7.11 Å². The summed E-state index contributed by atoms with van der Waals surface area (Å²) in [5.41, 5.74) is 1.81. The molecule has 0 unspecified atom stereocenters. The molecule has 1 fully saturated rings. The average molecular weight is 711 g/mol. The van der Waals surface area contributed by atoms with Crippen molar-refractivity contribution in [1.82, 2.24) is 10.2 Å². The zero-order valence-corrected chi connectivity index (χ0v) is 26.7. The number of carbonyl (C=O) groups is 2. The molecule has 2 amide bonds. The van der Waals surface area contributed by atoms with Crippen molar-refractivity contribution in [3.05, 3.63) is 56.7 Å². The molecule has 0 aliphatic heterocycles. The van der Waals surface area contributed by atoms with Gasteiger partial charge in [0, 0.05) is 31.0 Å². The molecular formula is C31H39IN2O9. The molecule has 0 spiro atoms. The zero-order valence-electron chi connectivity index (χ0n) is 24.5. The van der Waals surface area contributed by atoms with Crippen LogP contribution in [0.25, 0.3) is 0 Å². The predicted molar refractivity (Wildman–Crippen MR) is 166 cm³/mol. The van der Waals surface area contributed by atoms with Gasteiger partial charge in [-0.25, -0.2) is 0 Å². The van der Waals surface area contributed by atoms with Gasteiger partial charge in [0.1, 0.15) is 23.7 Å². The lowest BCUT2D eigenvalue weighted by Crippen LogP contribution is -2.56. The summed E-state index contributed by atoms with van der Waals surface area (Å²) in [6, 6.07) is 8.09. The summed E-state index contributed by atoms with van der Waals surface area (Å²) in [5.74, 6) is 1.39. The van der Waals surface area contributed by atoms with Crippen LogP contribution in [0.2, 0.25) is 0 Å². The van der Waals surface area contributed by atoms with Crippen LogP contribution in [-0.2, 0) is 22.6 Å². The summed E-state index contributed by atoms with van der Waals surface area (Å²) in [5, 5.41) is 33.3. The SMILES string of the molecule is COc1ccc(OC)c(CCN(C(=O)C2CC2)[C@@H]2CC(C(=O)NCCO)=C[C@H](Oc3c(I)cc(CO)cc3OC)[C@H]2O)c1. The minimum atomic E-state index is -1.18. The van der Waals surface area contributed by atoms with Crippen molar-refractivity contribution in [2.75, 3.05) is 41.0 Å². The van der Waals surface area contributed by atoms with E-state index in [-0.39, 0.29) is 44.5 Å². The molecule has 11 nitrogen and oxygen atoms in total. The van der Waals surface area contributed by atoms with Crippen molar-refractivity contribution in [1.29, 1.82) is 0 Å². The van der Waals surface area contributed by atoms with E-state index in [0.717, 1.165) is 18.4 Å². The Kier molecular flexibility index (Phi) is 11.5. The molecule has 0 bridgehead atoms. The van der Waals surface area contributed by atoms with Crippen molar-refractivity contribution >= 4 is 34.4 Å². The molecule has 2 aliphatic rings. The fraction of sp³-hybridized carbons (Fsp3) is 0.484. The van der Waals surface area contributed by atoms with Crippen LogP contribution in [0, 0.1) is 9.49 Å². The summed E-state index contributed by atoms with van der Waals surface area (Å²) >= 11 is 2.06. The van der Waals surface area contributed by atoms with Gasteiger partial charge in [0.15, 0.2) is 11.5 Å². The van der Waals surface area contributed by atoms with Gasteiger partial charge < -0.3 is 44.5 Å². The van der Waals surface area contributed by atoms with Gasteiger partial charge in [-0.05, 0) is 89.4 Å². The number of rotatable bonds is 14. The molecule has 0 aromatic heterocycles. The van der Waals surface area contributed by atoms with Crippen LogP contribution in [0.4, 0.5) is 0 Å². The van der Waals surface area contributed by atoms with Gasteiger partial charge in [0.25, 0.3) is 0 Å². The van der Waals surface area contributed by atoms with E-state index < -0.39 is 24.2 Å². The lowest BCUT2D eigenvalue weighted by atomic mass is 9.87. The number of methoxy groups -OCH3 is 3. The molecule has 12 heteroatoms. The van der Waals surface area contributed by atoms with Crippen LogP contribution in [-0.4, -0.2) is 91.3 Å². The molecule has 234 valence electrons. The molecule has 2 aliphatic carbocycles. The number of halogens is 1. The van der Waals surface area contributed by atoms with E-state index in [1.807, 2.05) is 12.1 Å². The summed E-state index contributed by atoms with van der Waals surface area (Å²) < 4.78 is 23.4. The van der Waals surface area contributed by atoms with Gasteiger partial charge in [-0.3, -0.25) is 9.59 Å². The first-order valence-corrected chi connectivity index (χ1v) is 15.3. The van der Waals surface area contributed by atoms with Crippen LogP contribution >= 0.6 is 22.6 Å². The number of hydrogen-bond acceptors (Lipinski definition) is 9. The Balaban J connectivity index is 1.69. The Morgan fingerprint density at radius 2 is 1.79 bits per heavy atom. The van der Waals surface area contributed by atoms with Crippen LogP contribution in [0.5, 0.6) is 23.0 Å². The number of ether oxygens (including phenoxy) is 4. The summed E-state index contributed by atoms with van der Waals surface area (Å²) in [7, 11) is 4.64. The second-order valence-electron chi connectivity index (χ2n) is 10.5. The van der Waals surface area contributed by atoms with Crippen LogP contribution in [0.15, 0.2) is 42.0 Å². The maximum absolute atomic E-state index is 13.7. The van der Waals surface area contributed by atoms with E-state index in [0.29, 0.717) is 44.1 Å². The Morgan fingerprint density at radius 3 is 2.42 bits per heavy atom. The number of nitrogens with zero attached hydrogens (tertiary/aromatic N) is 1. The van der Waals surface area contributed by atoms with Gasteiger partial charge in [-0.15, -0.1) is 0 Å². The van der Waals surface area contributed by atoms with E-state index in [4.69, 9.17) is 18.9 Å². The second kappa shape index (κ2) is 15.1. The number of carbonyl (C=O) groups excluding carboxylic acids is 2. The molecule has 1 saturated carbocycles. The largest absolute Gasteiger partial charge is 0.497 e. The third-order valence-electron chi connectivity index (χ3n) is 7.66. The fourth-order valence-corrected chi connectivity index (χ4v) is 6.01. The second-order valence-corrected chi connectivity index (χ2v) is 11.7. The Labute approximate surface area is 264 Å². The van der Waals surface area contributed by atoms with Crippen molar-refractivity contribution < 1.29 is 43.9 Å². The molecule has 4 rings (SSSR count). The molecule has 2 aromatic rings. The standard InChI is InChI=1S/C31H39IN2O9/c1-40-22-6-7-25(41-2)20(14-22)8-10-34(31(39)19-4-5-19)24-15-21(30(38)33-9-11-35)16-26(28(24)37)43-29-23(32)12-18(17-36)13-27(29)42-3/h6-7,12-14,16,19,24,26,28,35-37H,4-5,8-11,15,17H2,1-3H3,(H,33,38)/t24-,26+,28+/m1/s1. The molecule has 3 atom stereocenters. The highest BCUT2D eigenvalue weighted by molar-refractivity contribution is 14.1. The first kappa shape index (κ1) is 32.8. The summed E-state index contributed by atoms with van der Waals surface area (Å²) in [6.07, 6.45) is 1.45. The molecule has 43 heavy (non-hydrogen) atoms. The van der Waals surface area contributed by atoms with Crippen molar-refractivity contribution in [2.45, 2.75) is 50.5 Å². The molecule has 0 heterocycles. The minimum absolute atomic E-state index is 0.0591. The van der Waals surface area contributed by atoms with Crippen LogP contribution in [0.1, 0.15) is 30.4 Å². The highest BCUT2D eigenvalue weighted by Gasteiger charge is 2.44. The Morgan fingerprint density at radius 1 is 1.05 bits per heavy atom. The van der Waals surface area contributed by atoms with Crippen LogP contribution < -0.4 is 24.3 Å². The first-order valence-electron chi connectivity index (χ1n) is 14.2. The van der Waals surface area contributed by atoms with E-state index in [2.05, 4.69) is 27.9 Å². The third-order valence-corrected chi connectivity index (χ3v) is 8.46. The summed E-state index contributed by atoms with van der Waals surface area (Å²) in [4.78, 5) is 28.5. The van der Waals surface area contributed by atoms with Gasteiger partial charge in [0.2, 0.25) is 11.8 Å². The number of amides is 2. The third kappa shape index (κ3) is 7.91. The van der Waals surface area contributed by atoms with Crippen molar-refractivity contribution in [2.24, 2.45) is 5.92 Å². The number of nitrogens with one attached hydrogen (secondary N) is 1. The average Bonchev–Trinajstić information content (AvgIpc) is 3.87. The van der Waals surface area contributed by atoms with Gasteiger partial charge >= 0.3 is 0 Å². The van der Waals surface area contributed by atoms with E-state index in [1.54, 1.807) is 43.4 Å². The normalized spacial score (nSPS) is 19.7. The van der Waals surface area contributed by atoms with E-state index in [9.17, 15) is 24.9 Å². The van der Waals surface area contributed by atoms with Crippen LogP contribution in [0.3, 0.4) is 0 Å². The number of benzene rings is 2. The van der Waals surface area contributed by atoms with Gasteiger partial charge in [-0.2, -0.15) is 0 Å². The Hall–Kier alpha value is -3.07. The minimum Gasteiger partial charge on any atom is -0.497 e. The predicted octanol–water partition coefficient (Wildman–Crippen LogP) is 2.21. The number of aliphatic hydroxyl groups is 3. The van der Waals surface area contributed by atoms with Crippen molar-refractivity contribution in [3.63, 3.8) is 0 Å². The maximum atomic E-state index is 13.7. The molecular weight excluding hydrogens is 671 g/mol. The zero-order chi connectivity index (χ0) is 31.1. The van der Waals surface area contributed by atoms with Gasteiger partial charge in [0.05, 0.1) is 44.2 Å². The summed E-state index contributed by atoms with van der Waals surface area (Å²) in [6.45, 7) is -0.0903. The fourth-order valence-electron chi connectivity index (χ4n) is 5.22. The molecule has 2 aromatic carbocycles. The Bertz CT molecular complexity index is 1330. The first-order chi connectivity index (χ1) is 20.7. The van der Waals surface area contributed by atoms with Crippen molar-refractivity contribution in [3.8, 4) is 23.0 Å². The lowest BCUT2D eigenvalue weighted by Gasteiger charge is -2.41. The highest BCUT2D eigenvalue weighted by Crippen LogP contribution is 2.39. The number of hydrogen-bond donors (Lipinski definition) is 4. The quantitative estimate of drug-likeness (QED) is 0.217. The molecule has 4 N–H and O–H groups in total. The monoisotopic (exact) mass is 710 g/mol. The molecule has 0 saturated heterocycles.